The highest BCUT2D eigenvalue weighted by atomic mass is 31.2. The number of rotatable bonds is 10. The Kier molecular flexibility index (Phi) is 7.31. The average molecular weight is 463 g/mol. The second kappa shape index (κ2) is 9.60. The third kappa shape index (κ3) is 5.41. The quantitative estimate of drug-likeness (QED) is 0.200. The minimum Gasteiger partial charge on any atom is -0.394 e. The summed E-state index contributed by atoms with van der Waals surface area (Å²) >= 11 is 0. The number of aliphatic hydroxyl groups excluding tert-OH is 4. The molecule has 1 aliphatic rings. The summed E-state index contributed by atoms with van der Waals surface area (Å²) in [7, 11) is -4.75. The molecule has 172 valence electrons. The molecule has 1 saturated heterocycles. The summed E-state index contributed by atoms with van der Waals surface area (Å²) in [5.74, 6) is -0.961. The third-order valence-corrected chi connectivity index (χ3v) is 5.49. The lowest BCUT2D eigenvalue weighted by Gasteiger charge is -2.19. The number of nitrogen functional groups attached to an aromatic ring is 1. The number of carbonyl (C=O) groups excluding carboxylic acids is 1. The van der Waals surface area contributed by atoms with E-state index in [1.54, 1.807) is 0 Å². The molecule has 2 aromatic rings. The molecular weight excluding hydrogens is 441 g/mol. The van der Waals surface area contributed by atoms with E-state index in [0.29, 0.717) is 11.2 Å². The molecule has 16 heteroatoms. The van der Waals surface area contributed by atoms with Gasteiger partial charge in [-0.05, 0) is 0 Å². The van der Waals surface area contributed by atoms with Crippen LogP contribution < -0.4 is 5.73 Å². The van der Waals surface area contributed by atoms with Crippen molar-refractivity contribution in [1.29, 1.82) is 0 Å². The number of ketones is 1. The van der Waals surface area contributed by atoms with Crippen LogP contribution in [0.5, 0.6) is 0 Å². The number of Topliss-reactive ketones (excluding diaryl/α,β-unsaturated/α-hetero) is 1. The Hall–Kier alpha value is -2.07. The van der Waals surface area contributed by atoms with Crippen LogP contribution in [0.25, 0.3) is 11.2 Å². The van der Waals surface area contributed by atoms with Crippen LogP contribution in [-0.2, 0) is 23.1 Å². The number of fused-ring (bicyclic) bond motifs is 1. The molecule has 7 N–H and O–H groups in total. The smallest absolute Gasteiger partial charge is 0.394 e. The number of hydrogen-bond acceptors (Lipinski definition) is 13. The number of aromatic nitrogens is 4. The Morgan fingerprint density at radius 3 is 2.81 bits per heavy atom. The Morgan fingerprint density at radius 2 is 2.10 bits per heavy atom. The number of ether oxygens (including phenoxy) is 1. The van der Waals surface area contributed by atoms with E-state index >= 15 is 0 Å². The maximum atomic E-state index is 11.9. The molecule has 1 aliphatic heterocycles. The van der Waals surface area contributed by atoms with Gasteiger partial charge in [-0.15, -0.1) is 0 Å². The number of imidazole rings is 1. The molecule has 0 aromatic carbocycles. The van der Waals surface area contributed by atoms with Crippen LogP contribution in [0.3, 0.4) is 0 Å². The molecular formula is C15H22N5O10P. The van der Waals surface area contributed by atoms with Crippen molar-refractivity contribution in [2.75, 3.05) is 25.6 Å². The van der Waals surface area contributed by atoms with Crippen molar-refractivity contribution in [3.63, 3.8) is 0 Å². The number of hydrogen-bond donors (Lipinski definition) is 6. The largest absolute Gasteiger partial charge is 0.472 e. The third-order valence-electron chi connectivity index (χ3n) is 4.55. The minimum absolute atomic E-state index is 0.101. The van der Waals surface area contributed by atoms with Crippen molar-refractivity contribution in [2.24, 2.45) is 0 Å². The molecule has 0 bridgehead atoms. The van der Waals surface area contributed by atoms with E-state index in [1.807, 2.05) is 0 Å². The van der Waals surface area contributed by atoms with Gasteiger partial charge in [0, 0.05) is 6.42 Å². The first-order valence-electron chi connectivity index (χ1n) is 9.01. The zero-order chi connectivity index (χ0) is 22.8. The molecule has 2 unspecified atom stereocenters. The van der Waals surface area contributed by atoms with Crippen LogP contribution >= 0.6 is 7.82 Å². The van der Waals surface area contributed by atoms with Crippen LogP contribution in [0.15, 0.2) is 12.7 Å². The molecule has 2 aromatic heterocycles. The van der Waals surface area contributed by atoms with Gasteiger partial charge in [0.25, 0.3) is 0 Å². The van der Waals surface area contributed by atoms with Crippen molar-refractivity contribution in [3.05, 3.63) is 12.7 Å². The van der Waals surface area contributed by atoms with Gasteiger partial charge in [0.1, 0.15) is 43.0 Å². The van der Waals surface area contributed by atoms with Crippen molar-refractivity contribution in [2.45, 2.75) is 37.1 Å². The predicted molar refractivity (Wildman–Crippen MR) is 100 cm³/mol. The average Bonchev–Trinajstić information content (AvgIpc) is 3.33. The molecule has 0 radical (unpaired) electrons. The molecule has 1 fully saturated rings. The number of aliphatic hydroxyl groups is 4. The minimum atomic E-state index is -4.75. The molecule has 0 saturated carbocycles. The van der Waals surface area contributed by atoms with Gasteiger partial charge in [-0.3, -0.25) is 18.4 Å². The first-order valence-corrected chi connectivity index (χ1v) is 10.5. The lowest BCUT2D eigenvalue weighted by atomic mass is 10.1. The first kappa shape index (κ1) is 23.6. The fourth-order valence-corrected chi connectivity index (χ4v) is 3.57. The predicted octanol–water partition coefficient (Wildman–Crippen LogP) is -2.53. The molecule has 15 nitrogen and oxygen atoms in total. The number of nitrogens with two attached hydrogens (primary N) is 1. The van der Waals surface area contributed by atoms with E-state index < -0.39 is 64.1 Å². The summed E-state index contributed by atoms with van der Waals surface area (Å²) in [6, 6.07) is 0. The number of phosphoric acid groups is 1. The molecule has 0 amide bonds. The highest BCUT2D eigenvalue weighted by Crippen LogP contribution is 2.44. The van der Waals surface area contributed by atoms with Crippen LogP contribution in [0.2, 0.25) is 0 Å². The Balaban J connectivity index is 1.55. The number of anilines is 1. The summed E-state index contributed by atoms with van der Waals surface area (Å²) in [5, 5.41) is 37.5. The second-order valence-corrected chi connectivity index (χ2v) is 8.17. The summed E-state index contributed by atoms with van der Waals surface area (Å²) in [6.45, 7) is -2.49. The zero-order valence-corrected chi connectivity index (χ0v) is 16.9. The SMILES string of the molecule is Nc1ncnc2c1ncn2[C@H]1CC(O)[C@@H](COP(=O)(O)OCC(=O)[C@@H](O)[C@H](O)CO)O1. The zero-order valence-electron chi connectivity index (χ0n) is 16.0. The summed E-state index contributed by atoms with van der Waals surface area (Å²) in [4.78, 5) is 33.3. The fraction of sp³-hybridized carbons (Fsp3) is 0.600. The van der Waals surface area contributed by atoms with Crippen molar-refractivity contribution in [3.8, 4) is 0 Å². The van der Waals surface area contributed by atoms with E-state index in [-0.39, 0.29) is 12.2 Å². The van der Waals surface area contributed by atoms with Crippen LogP contribution in [-0.4, -0.2) is 94.9 Å². The van der Waals surface area contributed by atoms with E-state index in [9.17, 15) is 29.6 Å². The fourth-order valence-electron chi connectivity index (χ4n) is 2.87. The molecule has 31 heavy (non-hydrogen) atoms. The number of carbonyl (C=O) groups is 1. The van der Waals surface area contributed by atoms with Gasteiger partial charge in [0.05, 0.1) is 25.6 Å². The van der Waals surface area contributed by atoms with Crippen LogP contribution in [0.4, 0.5) is 5.82 Å². The van der Waals surface area contributed by atoms with Crippen molar-refractivity contribution in [1.82, 2.24) is 19.5 Å². The number of nitrogens with zero attached hydrogens (tertiary/aromatic N) is 4. The first-order chi connectivity index (χ1) is 14.6. The highest BCUT2D eigenvalue weighted by Gasteiger charge is 2.38. The maximum absolute atomic E-state index is 11.9. The molecule has 3 rings (SSSR count). The normalized spacial score (nSPS) is 25.4. The van der Waals surface area contributed by atoms with Crippen LogP contribution in [0, 0.1) is 0 Å². The van der Waals surface area contributed by atoms with Crippen molar-refractivity contribution < 1.29 is 48.5 Å². The molecule has 0 aliphatic carbocycles. The van der Waals surface area contributed by atoms with Crippen molar-refractivity contribution >= 4 is 30.6 Å². The van der Waals surface area contributed by atoms with Gasteiger partial charge < -0.3 is 35.8 Å². The Labute approximate surface area is 174 Å². The maximum Gasteiger partial charge on any atom is 0.472 e. The van der Waals surface area contributed by atoms with E-state index in [4.69, 9.17) is 20.1 Å². The lowest BCUT2D eigenvalue weighted by Crippen LogP contribution is -2.38. The van der Waals surface area contributed by atoms with Gasteiger partial charge >= 0.3 is 7.82 Å². The topological polar surface area (TPSA) is 233 Å². The molecule has 3 heterocycles. The molecule has 0 spiro atoms. The molecule has 6 atom stereocenters. The van der Waals surface area contributed by atoms with Gasteiger partial charge in [0.2, 0.25) is 0 Å². The summed E-state index contributed by atoms with van der Waals surface area (Å²) in [6.07, 6.45) is -3.77. The second-order valence-electron chi connectivity index (χ2n) is 6.71. The van der Waals surface area contributed by atoms with Gasteiger partial charge in [-0.2, -0.15) is 0 Å². The number of phosphoric ester groups is 1. The van der Waals surface area contributed by atoms with Crippen LogP contribution in [0.1, 0.15) is 12.6 Å². The van der Waals surface area contributed by atoms with Gasteiger partial charge in [0.15, 0.2) is 17.2 Å². The van der Waals surface area contributed by atoms with E-state index in [1.165, 1.54) is 17.2 Å². The monoisotopic (exact) mass is 463 g/mol. The Bertz CT molecular complexity index is 973. The van der Waals surface area contributed by atoms with E-state index in [2.05, 4.69) is 19.5 Å². The Morgan fingerprint density at radius 1 is 1.35 bits per heavy atom. The summed E-state index contributed by atoms with van der Waals surface area (Å²) in [5.41, 5.74) is 6.47. The standard InChI is InChI=1S/C15H22N5O10P/c16-14-12-15(18-5-17-14)20(6-19-12)11-1-7(22)10(30-11)4-29-31(26,27)28-3-9(24)13(25)8(23)2-21/h5-8,10-11,13,21-23,25H,1-4H2,(H,26,27)(H2,16,17,18)/t7?,8-,10-,11-,13+/m1/s1. The highest BCUT2D eigenvalue weighted by molar-refractivity contribution is 7.47. The van der Waals surface area contributed by atoms with E-state index in [0.717, 1.165) is 0 Å². The summed E-state index contributed by atoms with van der Waals surface area (Å²) < 4.78 is 28.4. The lowest BCUT2D eigenvalue weighted by molar-refractivity contribution is -0.137. The van der Waals surface area contributed by atoms with Gasteiger partial charge in [-0.25, -0.2) is 19.5 Å². The van der Waals surface area contributed by atoms with Gasteiger partial charge in [-0.1, -0.05) is 0 Å².